The molecule has 0 aliphatic carbocycles. The summed E-state index contributed by atoms with van der Waals surface area (Å²) in [6.07, 6.45) is 1.49. The van der Waals surface area contributed by atoms with Crippen molar-refractivity contribution in [3.8, 4) is 5.69 Å². The molecule has 5 nitrogen and oxygen atoms in total. The minimum absolute atomic E-state index is 0.103. The summed E-state index contributed by atoms with van der Waals surface area (Å²) in [4.78, 5) is 15.1. The van der Waals surface area contributed by atoms with Gasteiger partial charge in [0, 0.05) is 43.0 Å². The number of hydrogen-bond acceptors (Lipinski definition) is 3. The Bertz CT molecular complexity index is 851. The molecule has 0 unspecified atom stereocenters. The Hall–Kier alpha value is -2.11. The number of amides is 1. The highest BCUT2D eigenvalue weighted by atomic mass is 16.7. The molecule has 2 aromatic rings. The third kappa shape index (κ3) is 3.38. The van der Waals surface area contributed by atoms with E-state index in [1.165, 1.54) is 5.56 Å². The van der Waals surface area contributed by atoms with Crippen molar-refractivity contribution in [3.63, 3.8) is 0 Å². The number of carbonyl (C=O) groups is 1. The topological polar surface area (TPSA) is 43.7 Å². The average Bonchev–Trinajstić information content (AvgIpc) is 3.26. The molecule has 4 rings (SSSR count). The fourth-order valence-corrected chi connectivity index (χ4v) is 4.39. The Morgan fingerprint density at radius 1 is 1.04 bits per heavy atom. The molecule has 0 atom stereocenters. The largest absolute Gasteiger partial charge is 0.347 e. The molecule has 2 aliphatic rings. The summed E-state index contributed by atoms with van der Waals surface area (Å²) >= 11 is 0. The molecule has 2 saturated heterocycles. The van der Waals surface area contributed by atoms with Crippen LogP contribution in [0.5, 0.6) is 0 Å². The zero-order chi connectivity index (χ0) is 19.9. The molecule has 150 valence electrons. The van der Waals surface area contributed by atoms with Gasteiger partial charge in [0.1, 0.15) is 0 Å². The molecule has 2 aliphatic heterocycles. The number of piperidine rings is 1. The van der Waals surface area contributed by atoms with Crippen molar-refractivity contribution in [2.45, 2.75) is 52.2 Å². The van der Waals surface area contributed by atoms with Gasteiger partial charge in [-0.2, -0.15) is 0 Å². The van der Waals surface area contributed by atoms with E-state index in [1.807, 2.05) is 17.9 Å². The van der Waals surface area contributed by atoms with Crippen LogP contribution in [0.2, 0.25) is 0 Å². The van der Waals surface area contributed by atoms with Crippen molar-refractivity contribution in [3.05, 3.63) is 52.8 Å². The van der Waals surface area contributed by atoms with Crippen LogP contribution < -0.4 is 0 Å². The molecule has 1 spiro atoms. The third-order valence-corrected chi connectivity index (χ3v) is 6.11. The second-order valence-corrected chi connectivity index (χ2v) is 8.27. The highest BCUT2D eigenvalue weighted by Gasteiger charge is 2.41. The fraction of sp³-hybridized carbons (Fsp3) is 0.522. The number of hydrogen-bond donors (Lipinski definition) is 0. The fourth-order valence-electron chi connectivity index (χ4n) is 4.39. The van der Waals surface area contributed by atoms with E-state index in [4.69, 9.17) is 9.47 Å². The standard InChI is InChI=1S/C23H30N2O3/c1-16(2)19-5-7-20(8-6-19)25-17(3)15-21(18(25)4)22(26)24-11-9-23(10-12-24)27-13-14-28-23/h5-8,15-16H,9-14H2,1-4H3. The lowest BCUT2D eigenvalue weighted by atomic mass is 10.0. The van der Waals surface area contributed by atoms with Crippen LogP contribution in [0.4, 0.5) is 0 Å². The summed E-state index contributed by atoms with van der Waals surface area (Å²) in [5.41, 5.74) is 5.28. The Morgan fingerprint density at radius 3 is 2.21 bits per heavy atom. The molecule has 3 heterocycles. The van der Waals surface area contributed by atoms with Crippen molar-refractivity contribution in [1.29, 1.82) is 0 Å². The molecule has 0 radical (unpaired) electrons. The van der Waals surface area contributed by atoms with E-state index in [0.717, 1.165) is 35.5 Å². The molecule has 2 fully saturated rings. The van der Waals surface area contributed by atoms with E-state index in [0.29, 0.717) is 32.2 Å². The summed E-state index contributed by atoms with van der Waals surface area (Å²) in [7, 11) is 0. The summed E-state index contributed by atoms with van der Waals surface area (Å²) < 4.78 is 13.7. The van der Waals surface area contributed by atoms with Gasteiger partial charge in [0.05, 0.1) is 18.8 Å². The number of likely N-dealkylation sites (tertiary alicyclic amines) is 1. The van der Waals surface area contributed by atoms with Crippen molar-refractivity contribution in [2.24, 2.45) is 0 Å². The van der Waals surface area contributed by atoms with E-state index < -0.39 is 5.79 Å². The van der Waals surface area contributed by atoms with Gasteiger partial charge in [0.15, 0.2) is 5.79 Å². The first-order chi connectivity index (χ1) is 13.4. The summed E-state index contributed by atoms with van der Waals surface area (Å²) in [5, 5.41) is 0. The van der Waals surface area contributed by atoms with E-state index >= 15 is 0 Å². The molecular weight excluding hydrogens is 352 g/mol. The van der Waals surface area contributed by atoms with Crippen molar-refractivity contribution in [2.75, 3.05) is 26.3 Å². The van der Waals surface area contributed by atoms with Crippen LogP contribution in [-0.2, 0) is 9.47 Å². The van der Waals surface area contributed by atoms with Gasteiger partial charge < -0.3 is 18.9 Å². The van der Waals surface area contributed by atoms with E-state index in [2.05, 4.69) is 49.6 Å². The van der Waals surface area contributed by atoms with Crippen LogP contribution in [0.25, 0.3) is 5.69 Å². The molecule has 5 heteroatoms. The Morgan fingerprint density at radius 2 is 1.64 bits per heavy atom. The summed E-state index contributed by atoms with van der Waals surface area (Å²) in [6.45, 7) is 11.1. The minimum atomic E-state index is -0.453. The molecule has 1 amide bonds. The predicted molar refractivity (Wildman–Crippen MR) is 109 cm³/mol. The van der Waals surface area contributed by atoms with Crippen molar-refractivity contribution >= 4 is 5.91 Å². The van der Waals surface area contributed by atoms with E-state index in [1.54, 1.807) is 0 Å². The lowest BCUT2D eigenvalue weighted by Crippen LogP contribution is -2.47. The van der Waals surface area contributed by atoms with Gasteiger partial charge in [-0.25, -0.2) is 0 Å². The zero-order valence-corrected chi connectivity index (χ0v) is 17.3. The first-order valence-corrected chi connectivity index (χ1v) is 10.3. The van der Waals surface area contributed by atoms with E-state index in [9.17, 15) is 4.79 Å². The lowest BCUT2D eigenvalue weighted by molar-refractivity contribution is -0.181. The monoisotopic (exact) mass is 382 g/mol. The van der Waals surface area contributed by atoms with E-state index in [-0.39, 0.29) is 5.91 Å². The van der Waals surface area contributed by atoms with Crippen molar-refractivity contribution in [1.82, 2.24) is 9.47 Å². The van der Waals surface area contributed by atoms with Crippen LogP contribution in [0.3, 0.4) is 0 Å². The second kappa shape index (κ2) is 7.37. The first kappa shape index (κ1) is 19.2. The Balaban J connectivity index is 1.54. The molecule has 28 heavy (non-hydrogen) atoms. The van der Waals surface area contributed by atoms with Crippen LogP contribution >= 0.6 is 0 Å². The molecule has 1 aromatic heterocycles. The van der Waals surface area contributed by atoms with Gasteiger partial charge in [-0.3, -0.25) is 4.79 Å². The number of aromatic nitrogens is 1. The van der Waals surface area contributed by atoms with Gasteiger partial charge in [-0.1, -0.05) is 26.0 Å². The number of benzene rings is 1. The number of rotatable bonds is 3. The maximum atomic E-state index is 13.2. The maximum absolute atomic E-state index is 13.2. The SMILES string of the molecule is Cc1cc(C(=O)N2CCC3(CC2)OCCO3)c(C)n1-c1ccc(C(C)C)cc1. The van der Waals surface area contributed by atoms with Gasteiger partial charge in [-0.05, 0) is 43.5 Å². The molecule has 0 saturated carbocycles. The van der Waals surface area contributed by atoms with Crippen LogP contribution in [0.15, 0.2) is 30.3 Å². The highest BCUT2D eigenvalue weighted by Crippen LogP contribution is 2.32. The molecule has 0 N–H and O–H groups in total. The lowest BCUT2D eigenvalue weighted by Gasteiger charge is -2.37. The van der Waals surface area contributed by atoms with Gasteiger partial charge in [0.25, 0.3) is 5.91 Å². The Kier molecular flexibility index (Phi) is 5.06. The predicted octanol–water partition coefficient (Wildman–Crippen LogP) is 4.20. The molecular formula is C23H30N2O3. The normalized spacial score (nSPS) is 19.0. The van der Waals surface area contributed by atoms with Gasteiger partial charge in [0.2, 0.25) is 0 Å². The smallest absolute Gasteiger partial charge is 0.255 e. The number of carbonyl (C=O) groups excluding carboxylic acids is 1. The van der Waals surface area contributed by atoms with Crippen LogP contribution in [-0.4, -0.2) is 47.5 Å². The van der Waals surface area contributed by atoms with Gasteiger partial charge >= 0.3 is 0 Å². The zero-order valence-electron chi connectivity index (χ0n) is 17.3. The molecule has 1 aromatic carbocycles. The quantitative estimate of drug-likeness (QED) is 0.799. The number of ether oxygens (including phenoxy) is 2. The second-order valence-electron chi connectivity index (χ2n) is 8.27. The average molecular weight is 383 g/mol. The van der Waals surface area contributed by atoms with Gasteiger partial charge in [-0.15, -0.1) is 0 Å². The summed E-state index contributed by atoms with van der Waals surface area (Å²) in [6, 6.07) is 10.6. The minimum Gasteiger partial charge on any atom is -0.347 e. The third-order valence-electron chi connectivity index (χ3n) is 6.11. The van der Waals surface area contributed by atoms with Crippen LogP contribution in [0.1, 0.15) is 59.9 Å². The first-order valence-electron chi connectivity index (χ1n) is 10.3. The Labute approximate surface area is 167 Å². The number of nitrogens with zero attached hydrogens (tertiary/aromatic N) is 2. The molecule has 0 bridgehead atoms. The highest BCUT2D eigenvalue weighted by molar-refractivity contribution is 5.96. The van der Waals surface area contributed by atoms with Crippen LogP contribution in [0, 0.1) is 13.8 Å². The summed E-state index contributed by atoms with van der Waals surface area (Å²) in [5.74, 6) is 0.158. The maximum Gasteiger partial charge on any atom is 0.255 e. The van der Waals surface area contributed by atoms with Crippen molar-refractivity contribution < 1.29 is 14.3 Å². The number of aryl methyl sites for hydroxylation is 1.